The summed E-state index contributed by atoms with van der Waals surface area (Å²) >= 11 is 1.22. The summed E-state index contributed by atoms with van der Waals surface area (Å²) in [6, 6.07) is 6.39. The SMILES string of the molecule is COC(=O)C1CCN(c2ncc(C(=O)Oc3ccc(C(=N)N)cc3)s2)C1.O=C(O)C(F)(F)F. The van der Waals surface area contributed by atoms with Gasteiger partial charge in [0.25, 0.3) is 0 Å². The maximum atomic E-state index is 12.3. The van der Waals surface area contributed by atoms with E-state index in [0.29, 0.717) is 40.8 Å². The van der Waals surface area contributed by atoms with E-state index < -0.39 is 18.1 Å². The van der Waals surface area contributed by atoms with Gasteiger partial charge in [-0.3, -0.25) is 10.2 Å². The molecule has 0 radical (unpaired) electrons. The molecule has 0 amide bonds. The van der Waals surface area contributed by atoms with Crippen LogP contribution in [0.25, 0.3) is 0 Å². The lowest BCUT2D eigenvalue weighted by Crippen LogP contribution is -2.23. The number of halogens is 3. The molecule has 10 nitrogen and oxygen atoms in total. The van der Waals surface area contributed by atoms with Gasteiger partial charge in [-0.1, -0.05) is 11.3 Å². The predicted octanol–water partition coefficient (Wildman–Crippen LogP) is 2.28. The number of rotatable bonds is 5. The predicted molar refractivity (Wildman–Crippen MR) is 111 cm³/mol. The minimum Gasteiger partial charge on any atom is -0.475 e. The van der Waals surface area contributed by atoms with E-state index in [2.05, 4.69) is 4.98 Å². The average Bonchev–Trinajstić information content (AvgIpc) is 3.43. The van der Waals surface area contributed by atoms with Crippen LogP contribution in [0.1, 0.15) is 21.7 Å². The standard InChI is InChI=1S/C17H18N4O4S.C2HF3O2/c1-24-15(22)11-6-7-21(9-11)17-20-8-13(26-17)16(23)25-12-4-2-10(3-5-12)14(18)19;3-2(4,5)1(6)7/h2-5,8,11H,6-7,9H2,1H3,(H3,18,19);(H,6,7). The molecule has 178 valence electrons. The molecule has 0 spiro atoms. The third kappa shape index (κ3) is 7.17. The van der Waals surface area contributed by atoms with Crippen LogP contribution in [0, 0.1) is 11.3 Å². The van der Waals surface area contributed by atoms with Crippen molar-refractivity contribution >= 4 is 40.2 Å². The van der Waals surface area contributed by atoms with Crippen molar-refractivity contribution in [1.29, 1.82) is 5.41 Å². The number of carboxylic acid groups (broad SMARTS) is 1. The normalized spacial score (nSPS) is 15.3. The van der Waals surface area contributed by atoms with E-state index in [1.54, 1.807) is 24.3 Å². The number of alkyl halides is 3. The third-order valence-electron chi connectivity index (χ3n) is 4.31. The molecule has 1 aromatic carbocycles. The van der Waals surface area contributed by atoms with E-state index in [-0.39, 0.29) is 17.7 Å². The van der Waals surface area contributed by atoms with E-state index in [1.165, 1.54) is 24.6 Å². The molecule has 3 rings (SSSR count). The Morgan fingerprint density at radius 3 is 2.39 bits per heavy atom. The van der Waals surface area contributed by atoms with Gasteiger partial charge in [0.1, 0.15) is 16.5 Å². The minimum absolute atomic E-state index is 0.0501. The van der Waals surface area contributed by atoms with E-state index in [1.807, 2.05) is 4.90 Å². The molecular weight excluding hydrogens is 469 g/mol. The summed E-state index contributed by atoms with van der Waals surface area (Å²) < 4.78 is 41.8. The summed E-state index contributed by atoms with van der Waals surface area (Å²) in [7, 11) is 1.38. The van der Waals surface area contributed by atoms with Crippen LogP contribution in [0.3, 0.4) is 0 Å². The summed E-state index contributed by atoms with van der Waals surface area (Å²) in [6.45, 7) is 1.22. The van der Waals surface area contributed by atoms with Crippen molar-refractivity contribution in [2.75, 3.05) is 25.1 Å². The molecule has 1 aliphatic heterocycles. The molecule has 14 heteroatoms. The van der Waals surface area contributed by atoms with Gasteiger partial charge in [0.2, 0.25) is 0 Å². The van der Waals surface area contributed by atoms with Crippen molar-refractivity contribution in [1.82, 2.24) is 4.98 Å². The van der Waals surface area contributed by atoms with E-state index in [9.17, 15) is 22.8 Å². The first-order valence-electron chi connectivity index (χ1n) is 9.17. The number of amidine groups is 1. The fraction of sp³-hybridized carbons (Fsp3) is 0.316. The summed E-state index contributed by atoms with van der Waals surface area (Å²) in [5.74, 6) is -3.34. The number of ether oxygens (including phenoxy) is 2. The average molecular weight is 488 g/mol. The number of thiazole rings is 1. The summed E-state index contributed by atoms with van der Waals surface area (Å²) in [4.78, 5) is 39.4. The number of carbonyl (C=O) groups is 3. The lowest BCUT2D eigenvalue weighted by atomic mass is 10.1. The molecule has 1 fully saturated rings. The summed E-state index contributed by atoms with van der Waals surface area (Å²) in [5, 5.41) is 15.2. The molecule has 1 unspecified atom stereocenters. The molecule has 2 aromatic rings. The van der Waals surface area contributed by atoms with Crippen LogP contribution in [-0.2, 0) is 14.3 Å². The van der Waals surface area contributed by atoms with Gasteiger partial charge >= 0.3 is 24.1 Å². The summed E-state index contributed by atoms with van der Waals surface area (Å²) in [5.41, 5.74) is 5.95. The van der Waals surface area contributed by atoms with Crippen LogP contribution in [0.15, 0.2) is 30.5 Å². The largest absolute Gasteiger partial charge is 0.490 e. The van der Waals surface area contributed by atoms with Crippen molar-refractivity contribution in [2.24, 2.45) is 11.7 Å². The lowest BCUT2D eigenvalue weighted by molar-refractivity contribution is -0.192. The van der Waals surface area contributed by atoms with Gasteiger partial charge < -0.3 is 25.2 Å². The Morgan fingerprint density at radius 2 is 1.88 bits per heavy atom. The fourth-order valence-corrected chi connectivity index (χ4v) is 3.49. The lowest BCUT2D eigenvalue weighted by Gasteiger charge is -2.13. The number of hydrogen-bond acceptors (Lipinski definition) is 9. The third-order valence-corrected chi connectivity index (χ3v) is 5.34. The topological polar surface area (TPSA) is 156 Å². The second-order valence-electron chi connectivity index (χ2n) is 6.59. The van der Waals surface area contributed by atoms with Gasteiger partial charge in [-0.15, -0.1) is 0 Å². The van der Waals surface area contributed by atoms with Crippen LogP contribution in [0.5, 0.6) is 5.75 Å². The highest BCUT2D eigenvalue weighted by molar-refractivity contribution is 7.17. The number of nitrogens with zero attached hydrogens (tertiary/aromatic N) is 2. The number of methoxy groups -OCH3 is 1. The van der Waals surface area contributed by atoms with Crippen molar-refractivity contribution in [3.8, 4) is 5.75 Å². The number of nitrogen functional groups attached to an aromatic ring is 1. The van der Waals surface area contributed by atoms with Crippen LogP contribution >= 0.6 is 11.3 Å². The minimum atomic E-state index is -5.08. The second kappa shape index (κ2) is 10.8. The Labute approximate surface area is 189 Å². The number of carbonyl (C=O) groups excluding carboxylic acids is 2. The molecule has 0 saturated carbocycles. The van der Waals surface area contributed by atoms with Gasteiger partial charge in [0.15, 0.2) is 5.13 Å². The number of aromatic nitrogens is 1. The molecule has 33 heavy (non-hydrogen) atoms. The van der Waals surface area contributed by atoms with Crippen LogP contribution < -0.4 is 15.4 Å². The number of hydrogen-bond donors (Lipinski definition) is 3. The molecule has 4 N–H and O–H groups in total. The Hall–Kier alpha value is -3.68. The molecule has 1 atom stereocenters. The van der Waals surface area contributed by atoms with E-state index in [0.717, 1.165) is 0 Å². The Kier molecular flexibility index (Phi) is 8.34. The highest BCUT2D eigenvalue weighted by Gasteiger charge is 2.38. The number of nitrogens with one attached hydrogen (secondary N) is 1. The first kappa shape index (κ1) is 25.6. The Balaban J connectivity index is 0.000000479. The molecular formula is C19H19F3N4O6S. The van der Waals surface area contributed by atoms with Gasteiger partial charge in [-0.2, -0.15) is 13.2 Å². The maximum Gasteiger partial charge on any atom is 0.490 e. The van der Waals surface area contributed by atoms with Crippen LogP contribution in [0.2, 0.25) is 0 Å². The second-order valence-corrected chi connectivity index (χ2v) is 7.60. The van der Waals surface area contributed by atoms with Gasteiger partial charge in [0.05, 0.1) is 19.2 Å². The number of aliphatic carboxylic acids is 1. The molecule has 0 aliphatic carbocycles. The van der Waals surface area contributed by atoms with Crippen LogP contribution in [-0.4, -0.2) is 60.2 Å². The van der Waals surface area contributed by atoms with Crippen molar-refractivity contribution < 1.29 is 42.1 Å². The first-order valence-corrected chi connectivity index (χ1v) is 9.99. The zero-order valence-corrected chi connectivity index (χ0v) is 17.9. The van der Waals surface area contributed by atoms with Gasteiger partial charge in [0, 0.05) is 18.7 Å². The number of carboxylic acids is 1. The molecule has 0 bridgehead atoms. The van der Waals surface area contributed by atoms with E-state index in [4.69, 9.17) is 30.5 Å². The van der Waals surface area contributed by atoms with E-state index >= 15 is 0 Å². The zero-order valence-electron chi connectivity index (χ0n) is 17.1. The van der Waals surface area contributed by atoms with Crippen molar-refractivity contribution in [3.05, 3.63) is 40.9 Å². The zero-order chi connectivity index (χ0) is 24.8. The fourth-order valence-electron chi connectivity index (χ4n) is 2.66. The molecule has 1 saturated heterocycles. The van der Waals surface area contributed by atoms with Gasteiger partial charge in [-0.25, -0.2) is 14.6 Å². The molecule has 1 aliphatic rings. The van der Waals surface area contributed by atoms with Crippen molar-refractivity contribution in [2.45, 2.75) is 12.6 Å². The van der Waals surface area contributed by atoms with Crippen molar-refractivity contribution in [3.63, 3.8) is 0 Å². The Morgan fingerprint density at radius 1 is 1.27 bits per heavy atom. The number of nitrogens with two attached hydrogens (primary N) is 1. The quantitative estimate of drug-likeness (QED) is 0.249. The number of anilines is 1. The van der Waals surface area contributed by atoms with Crippen LogP contribution in [0.4, 0.5) is 18.3 Å². The van der Waals surface area contributed by atoms with Gasteiger partial charge in [-0.05, 0) is 30.7 Å². The number of benzene rings is 1. The molecule has 1 aromatic heterocycles. The highest BCUT2D eigenvalue weighted by Crippen LogP contribution is 2.29. The smallest absolute Gasteiger partial charge is 0.475 e. The number of esters is 2. The molecule has 2 heterocycles. The monoisotopic (exact) mass is 488 g/mol. The highest BCUT2D eigenvalue weighted by atomic mass is 32.1. The Bertz CT molecular complexity index is 1030. The first-order chi connectivity index (χ1) is 15.4. The summed E-state index contributed by atoms with van der Waals surface area (Å²) in [6.07, 6.45) is -2.91. The maximum absolute atomic E-state index is 12.3.